The first-order valence-electron chi connectivity index (χ1n) is 9.09. The fourth-order valence-corrected chi connectivity index (χ4v) is 2.61. The lowest BCUT2D eigenvalue weighted by Gasteiger charge is -2.29. The van der Waals surface area contributed by atoms with Gasteiger partial charge in [0.1, 0.15) is 19.7 Å². The van der Waals surface area contributed by atoms with Crippen molar-refractivity contribution >= 4 is 11.9 Å². The molecule has 5 nitrogen and oxygen atoms in total. The Hall–Kier alpha value is -2.14. The summed E-state index contributed by atoms with van der Waals surface area (Å²) in [4.78, 5) is 23.7. The molecular formula is C21H32NO4+. The number of rotatable bonds is 10. The minimum absolute atomic E-state index is 0.235. The molecule has 26 heavy (non-hydrogen) atoms. The van der Waals surface area contributed by atoms with E-state index in [2.05, 4.69) is 26.2 Å². The average Bonchev–Trinajstić information content (AvgIpc) is 2.61. The highest BCUT2D eigenvalue weighted by atomic mass is 16.5. The highest BCUT2D eigenvalue weighted by Gasteiger charge is 2.19. The average molecular weight is 362 g/mol. The van der Waals surface area contributed by atoms with E-state index in [9.17, 15) is 9.59 Å². The van der Waals surface area contributed by atoms with Gasteiger partial charge in [0.2, 0.25) is 0 Å². The maximum atomic E-state index is 12.2. The van der Waals surface area contributed by atoms with E-state index in [1.165, 1.54) is 12.7 Å². The number of carbonyl (C=O) groups excluding carboxylic acids is 2. The first-order valence-corrected chi connectivity index (χ1v) is 9.09. The summed E-state index contributed by atoms with van der Waals surface area (Å²) in [6.07, 6.45) is 2.83. The van der Waals surface area contributed by atoms with Gasteiger partial charge in [-0.1, -0.05) is 50.3 Å². The van der Waals surface area contributed by atoms with E-state index in [0.717, 1.165) is 17.6 Å². The summed E-state index contributed by atoms with van der Waals surface area (Å²) in [6.45, 7) is 5.71. The Labute approximate surface area is 157 Å². The van der Waals surface area contributed by atoms with Crippen LogP contribution in [-0.4, -0.2) is 50.8 Å². The van der Waals surface area contributed by atoms with Crippen LogP contribution in [0, 0.1) is 5.92 Å². The predicted octanol–water partition coefficient (Wildman–Crippen LogP) is 3.34. The van der Waals surface area contributed by atoms with Crippen molar-refractivity contribution in [1.29, 1.82) is 0 Å². The summed E-state index contributed by atoms with van der Waals surface area (Å²) < 4.78 is 10.9. The van der Waals surface area contributed by atoms with Crippen LogP contribution >= 0.6 is 0 Å². The minimum atomic E-state index is -0.340. The number of carbonyl (C=O) groups is 2. The SMILES string of the molecule is CCC(=CCC(C)C(=O)OCC[N+](C)(C)Cc1ccccc1)C(=O)OC. The van der Waals surface area contributed by atoms with Gasteiger partial charge >= 0.3 is 11.9 Å². The largest absolute Gasteiger partial charge is 0.466 e. The molecule has 0 fully saturated rings. The number of methoxy groups -OCH3 is 1. The summed E-state index contributed by atoms with van der Waals surface area (Å²) >= 11 is 0. The van der Waals surface area contributed by atoms with Crippen LogP contribution < -0.4 is 0 Å². The van der Waals surface area contributed by atoms with E-state index in [4.69, 9.17) is 9.47 Å². The summed E-state index contributed by atoms with van der Waals surface area (Å²) in [7, 11) is 5.60. The number of hydrogen-bond donors (Lipinski definition) is 0. The Balaban J connectivity index is 2.42. The topological polar surface area (TPSA) is 52.6 Å². The van der Waals surface area contributed by atoms with Crippen LogP contribution in [-0.2, 0) is 25.6 Å². The molecule has 1 aromatic rings. The minimum Gasteiger partial charge on any atom is -0.466 e. The molecule has 1 unspecified atom stereocenters. The summed E-state index contributed by atoms with van der Waals surface area (Å²) in [5.41, 5.74) is 1.85. The summed E-state index contributed by atoms with van der Waals surface area (Å²) in [6, 6.07) is 10.3. The highest BCUT2D eigenvalue weighted by molar-refractivity contribution is 5.88. The lowest BCUT2D eigenvalue weighted by Crippen LogP contribution is -2.42. The zero-order valence-electron chi connectivity index (χ0n) is 16.7. The molecule has 5 heteroatoms. The number of benzene rings is 1. The second kappa shape index (κ2) is 10.8. The zero-order valence-corrected chi connectivity index (χ0v) is 16.7. The second-order valence-corrected chi connectivity index (χ2v) is 7.18. The van der Waals surface area contributed by atoms with E-state index in [0.29, 0.717) is 25.0 Å². The van der Waals surface area contributed by atoms with Crippen LogP contribution in [0.5, 0.6) is 0 Å². The molecule has 144 valence electrons. The fourth-order valence-electron chi connectivity index (χ4n) is 2.61. The van der Waals surface area contributed by atoms with Crippen molar-refractivity contribution in [3.8, 4) is 0 Å². The monoisotopic (exact) mass is 362 g/mol. The molecule has 0 radical (unpaired) electrons. The van der Waals surface area contributed by atoms with Gasteiger partial charge in [0, 0.05) is 11.1 Å². The van der Waals surface area contributed by atoms with Crippen molar-refractivity contribution in [3.05, 3.63) is 47.5 Å². The molecule has 0 aliphatic carbocycles. The van der Waals surface area contributed by atoms with Gasteiger partial charge in [-0.2, -0.15) is 0 Å². The number of allylic oxidation sites excluding steroid dienone is 1. The van der Waals surface area contributed by atoms with Gasteiger partial charge in [-0.05, 0) is 12.8 Å². The Morgan fingerprint density at radius 3 is 2.42 bits per heavy atom. The van der Waals surface area contributed by atoms with Crippen LogP contribution in [0.4, 0.5) is 0 Å². The molecule has 0 aromatic heterocycles. The molecular weight excluding hydrogens is 330 g/mol. The Morgan fingerprint density at radius 1 is 1.19 bits per heavy atom. The van der Waals surface area contributed by atoms with Crippen LogP contribution in [0.2, 0.25) is 0 Å². The molecule has 0 heterocycles. The van der Waals surface area contributed by atoms with Crippen molar-refractivity contribution in [1.82, 2.24) is 0 Å². The summed E-state index contributed by atoms with van der Waals surface area (Å²) in [5, 5.41) is 0. The Bertz CT molecular complexity index is 608. The summed E-state index contributed by atoms with van der Waals surface area (Å²) in [5.74, 6) is -0.861. The van der Waals surface area contributed by atoms with Crippen molar-refractivity contribution in [2.75, 3.05) is 34.4 Å². The van der Waals surface area contributed by atoms with E-state index < -0.39 is 0 Å². The lowest BCUT2D eigenvalue weighted by atomic mass is 10.0. The molecule has 0 aliphatic rings. The van der Waals surface area contributed by atoms with Gasteiger partial charge in [0.25, 0.3) is 0 Å². The van der Waals surface area contributed by atoms with Gasteiger partial charge in [-0.15, -0.1) is 0 Å². The number of likely N-dealkylation sites (N-methyl/N-ethyl adjacent to an activating group) is 1. The van der Waals surface area contributed by atoms with Crippen LogP contribution in [0.15, 0.2) is 42.0 Å². The van der Waals surface area contributed by atoms with Crippen LogP contribution in [0.25, 0.3) is 0 Å². The highest BCUT2D eigenvalue weighted by Crippen LogP contribution is 2.12. The molecule has 0 N–H and O–H groups in total. The first-order chi connectivity index (χ1) is 12.3. The quantitative estimate of drug-likeness (QED) is 0.364. The van der Waals surface area contributed by atoms with E-state index >= 15 is 0 Å². The van der Waals surface area contributed by atoms with E-state index in [1.807, 2.05) is 32.0 Å². The van der Waals surface area contributed by atoms with Gasteiger partial charge in [-0.3, -0.25) is 4.79 Å². The van der Waals surface area contributed by atoms with Crippen molar-refractivity contribution in [3.63, 3.8) is 0 Å². The lowest BCUT2D eigenvalue weighted by molar-refractivity contribution is -0.903. The smallest absolute Gasteiger partial charge is 0.333 e. The van der Waals surface area contributed by atoms with Crippen LogP contribution in [0.3, 0.4) is 0 Å². The number of quaternary nitrogens is 1. The molecule has 0 bridgehead atoms. The normalized spacial score (nSPS) is 13.2. The maximum absolute atomic E-state index is 12.2. The van der Waals surface area contributed by atoms with Crippen molar-refractivity contribution in [2.24, 2.45) is 5.92 Å². The number of esters is 2. The molecule has 0 saturated heterocycles. The molecule has 0 saturated carbocycles. The Kier molecular flexibility index (Phi) is 9.07. The molecule has 0 amide bonds. The number of ether oxygens (including phenoxy) is 2. The van der Waals surface area contributed by atoms with Gasteiger partial charge < -0.3 is 14.0 Å². The third-order valence-electron chi connectivity index (χ3n) is 4.34. The first kappa shape index (κ1) is 21.9. The molecule has 1 aromatic carbocycles. The fraction of sp³-hybridized carbons (Fsp3) is 0.524. The second-order valence-electron chi connectivity index (χ2n) is 7.18. The van der Waals surface area contributed by atoms with E-state index in [-0.39, 0.29) is 17.9 Å². The van der Waals surface area contributed by atoms with Crippen molar-refractivity contribution < 1.29 is 23.5 Å². The zero-order chi connectivity index (χ0) is 19.6. The Morgan fingerprint density at radius 2 is 1.85 bits per heavy atom. The van der Waals surface area contributed by atoms with Crippen molar-refractivity contribution in [2.45, 2.75) is 33.2 Å². The van der Waals surface area contributed by atoms with E-state index in [1.54, 1.807) is 6.08 Å². The van der Waals surface area contributed by atoms with Gasteiger partial charge in [0.15, 0.2) is 0 Å². The predicted molar refractivity (Wildman–Crippen MR) is 102 cm³/mol. The third kappa shape index (κ3) is 7.83. The number of nitrogens with zero attached hydrogens (tertiary/aromatic N) is 1. The van der Waals surface area contributed by atoms with Crippen LogP contribution in [0.1, 0.15) is 32.3 Å². The third-order valence-corrected chi connectivity index (χ3v) is 4.34. The van der Waals surface area contributed by atoms with Gasteiger partial charge in [-0.25, -0.2) is 4.79 Å². The molecule has 1 atom stereocenters. The van der Waals surface area contributed by atoms with Gasteiger partial charge in [0.05, 0.1) is 27.1 Å². The standard InChI is InChI=1S/C21H32NO4/c1-6-19(21(24)25-5)13-12-17(2)20(23)26-15-14-22(3,4)16-18-10-8-7-9-11-18/h7-11,13,17H,6,12,14-16H2,1-5H3/q+1. The maximum Gasteiger partial charge on any atom is 0.333 e. The number of hydrogen-bond acceptors (Lipinski definition) is 4. The molecule has 0 aliphatic heterocycles. The molecule has 0 spiro atoms. The molecule has 1 rings (SSSR count).